The van der Waals surface area contributed by atoms with E-state index in [0.717, 1.165) is 54.1 Å². The lowest BCUT2D eigenvalue weighted by Crippen LogP contribution is -2.27. The van der Waals surface area contributed by atoms with Gasteiger partial charge in [0, 0.05) is 18.5 Å². The molecule has 1 aliphatic rings. The number of aromatic nitrogens is 2. The number of alkyl halides is 3. The highest BCUT2D eigenvalue weighted by molar-refractivity contribution is 5.73. The summed E-state index contributed by atoms with van der Waals surface area (Å²) >= 11 is 0. The average molecular weight is 493 g/mol. The molecule has 0 aliphatic carbocycles. The molecule has 0 bridgehead atoms. The number of hydrogen-bond acceptors (Lipinski definition) is 5. The molecule has 0 spiro atoms. The Morgan fingerprint density at radius 2 is 1.63 bits per heavy atom. The van der Waals surface area contributed by atoms with Gasteiger partial charge in [-0.3, -0.25) is 9.36 Å². The Balaban J connectivity index is 0.000000429. The van der Waals surface area contributed by atoms with E-state index in [9.17, 15) is 22.4 Å². The molecule has 1 aromatic heterocycles. The topological polar surface area (TPSA) is 93.5 Å². The predicted molar refractivity (Wildman–Crippen MR) is 119 cm³/mol. The minimum Gasteiger partial charge on any atom is -0.489 e. The second-order valence-electron chi connectivity index (χ2n) is 7.71. The number of nitrogens with zero attached hydrogens (tertiary/aromatic N) is 2. The van der Waals surface area contributed by atoms with Crippen molar-refractivity contribution in [1.82, 2.24) is 14.9 Å². The van der Waals surface area contributed by atoms with Gasteiger partial charge in [0.1, 0.15) is 18.2 Å². The molecule has 0 radical (unpaired) electrons. The summed E-state index contributed by atoms with van der Waals surface area (Å²) in [5, 5.41) is 10.4. The van der Waals surface area contributed by atoms with Crippen LogP contribution in [0.15, 0.2) is 59.7 Å². The molecule has 0 atom stereocenters. The summed E-state index contributed by atoms with van der Waals surface area (Å²) in [6, 6.07) is 13.9. The van der Waals surface area contributed by atoms with E-state index >= 15 is 0 Å². The second kappa shape index (κ2) is 11.6. The summed E-state index contributed by atoms with van der Waals surface area (Å²) in [6.45, 7) is 2.53. The van der Waals surface area contributed by atoms with Gasteiger partial charge in [-0.1, -0.05) is 24.3 Å². The molecule has 0 amide bonds. The average Bonchev–Trinajstić information content (AvgIpc) is 3.07. The van der Waals surface area contributed by atoms with Gasteiger partial charge < -0.3 is 15.2 Å². The van der Waals surface area contributed by atoms with Crippen LogP contribution in [-0.4, -0.2) is 39.9 Å². The fourth-order valence-corrected chi connectivity index (χ4v) is 3.33. The standard InChI is InChI=1S/C22H22FN3O2.C2HF3O2/c23-18-5-1-17(2-6-18)14-28-19-7-3-16(4-8-19)13-26-15-25-21-10-12-24-11-9-20(21)22(26)27;3-2(4,5)1(6)7/h1-8,15,24H,9-14H2;(H,6,7). The van der Waals surface area contributed by atoms with Gasteiger partial charge in [-0.05, 0) is 48.4 Å². The van der Waals surface area contributed by atoms with Crippen molar-refractivity contribution in [2.75, 3.05) is 13.1 Å². The number of nitrogens with one attached hydrogen (secondary N) is 1. The molecule has 35 heavy (non-hydrogen) atoms. The van der Waals surface area contributed by atoms with Crippen molar-refractivity contribution in [3.63, 3.8) is 0 Å². The van der Waals surface area contributed by atoms with Crippen LogP contribution in [0.4, 0.5) is 17.6 Å². The molecule has 1 aliphatic heterocycles. The molecule has 0 saturated heterocycles. The first-order chi connectivity index (χ1) is 16.6. The Kier molecular flexibility index (Phi) is 8.58. The number of ether oxygens (including phenoxy) is 1. The fourth-order valence-electron chi connectivity index (χ4n) is 3.33. The smallest absolute Gasteiger partial charge is 0.489 e. The monoisotopic (exact) mass is 493 g/mol. The van der Waals surface area contributed by atoms with E-state index in [1.54, 1.807) is 23.0 Å². The maximum absolute atomic E-state index is 12.9. The Morgan fingerprint density at radius 3 is 2.26 bits per heavy atom. The van der Waals surface area contributed by atoms with Crippen LogP contribution in [0.1, 0.15) is 22.4 Å². The van der Waals surface area contributed by atoms with Crippen molar-refractivity contribution in [3.8, 4) is 5.75 Å². The quantitative estimate of drug-likeness (QED) is 0.530. The zero-order chi connectivity index (χ0) is 25.4. The number of hydrogen-bond donors (Lipinski definition) is 2. The molecular formula is C24H23F4N3O4. The maximum atomic E-state index is 12.9. The summed E-state index contributed by atoms with van der Waals surface area (Å²) < 4.78 is 52.1. The van der Waals surface area contributed by atoms with Gasteiger partial charge >= 0.3 is 12.1 Å². The van der Waals surface area contributed by atoms with Gasteiger partial charge in [0.15, 0.2) is 0 Å². The van der Waals surface area contributed by atoms with E-state index < -0.39 is 12.1 Å². The van der Waals surface area contributed by atoms with Gasteiger partial charge in [-0.2, -0.15) is 13.2 Å². The number of fused-ring (bicyclic) bond motifs is 1. The van der Waals surface area contributed by atoms with E-state index in [-0.39, 0.29) is 11.4 Å². The minimum atomic E-state index is -5.08. The van der Waals surface area contributed by atoms with Crippen LogP contribution < -0.4 is 15.6 Å². The predicted octanol–water partition coefficient (Wildman–Crippen LogP) is 3.33. The molecule has 4 rings (SSSR count). The number of aliphatic carboxylic acids is 1. The van der Waals surface area contributed by atoms with Crippen molar-refractivity contribution >= 4 is 5.97 Å². The van der Waals surface area contributed by atoms with Crippen LogP contribution in [-0.2, 0) is 30.8 Å². The molecule has 186 valence electrons. The molecule has 7 nitrogen and oxygen atoms in total. The van der Waals surface area contributed by atoms with Crippen molar-refractivity contribution in [2.24, 2.45) is 0 Å². The van der Waals surface area contributed by atoms with Crippen LogP contribution in [0.25, 0.3) is 0 Å². The molecule has 0 fully saturated rings. The zero-order valence-electron chi connectivity index (χ0n) is 18.5. The zero-order valence-corrected chi connectivity index (χ0v) is 18.5. The Labute approximate surface area is 198 Å². The molecule has 2 heterocycles. The maximum Gasteiger partial charge on any atom is 0.490 e. The molecule has 0 unspecified atom stereocenters. The summed E-state index contributed by atoms with van der Waals surface area (Å²) in [7, 11) is 0. The number of carboxylic acids is 1. The van der Waals surface area contributed by atoms with E-state index in [1.807, 2.05) is 24.3 Å². The molecule has 11 heteroatoms. The Hall–Kier alpha value is -3.73. The van der Waals surface area contributed by atoms with Crippen molar-refractivity contribution in [1.29, 1.82) is 0 Å². The van der Waals surface area contributed by atoms with E-state index in [1.165, 1.54) is 12.1 Å². The van der Waals surface area contributed by atoms with E-state index in [0.29, 0.717) is 13.2 Å². The number of benzene rings is 2. The first kappa shape index (κ1) is 25.9. The third kappa shape index (κ3) is 7.64. The third-order valence-electron chi connectivity index (χ3n) is 5.15. The number of carboxylic acid groups (broad SMARTS) is 1. The van der Waals surface area contributed by atoms with Gasteiger partial charge in [0.2, 0.25) is 0 Å². The van der Waals surface area contributed by atoms with E-state index in [2.05, 4.69) is 10.3 Å². The molecular weight excluding hydrogens is 470 g/mol. The lowest BCUT2D eigenvalue weighted by Gasteiger charge is -2.11. The van der Waals surface area contributed by atoms with Crippen molar-refractivity contribution < 1.29 is 32.2 Å². The van der Waals surface area contributed by atoms with Gasteiger partial charge in [0.05, 0.1) is 18.6 Å². The van der Waals surface area contributed by atoms with Crippen LogP contribution in [0, 0.1) is 5.82 Å². The summed E-state index contributed by atoms with van der Waals surface area (Å²) in [4.78, 5) is 26.2. The van der Waals surface area contributed by atoms with E-state index in [4.69, 9.17) is 14.6 Å². The number of carbonyl (C=O) groups is 1. The largest absolute Gasteiger partial charge is 0.490 e. The Morgan fingerprint density at radius 1 is 1.03 bits per heavy atom. The lowest BCUT2D eigenvalue weighted by molar-refractivity contribution is -0.192. The fraction of sp³-hybridized carbons (Fsp3) is 0.292. The first-order valence-electron chi connectivity index (χ1n) is 10.7. The lowest BCUT2D eigenvalue weighted by atomic mass is 10.1. The molecule has 0 saturated carbocycles. The summed E-state index contributed by atoms with van der Waals surface area (Å²) in [5.74, 6) is -2.29. The second-order valence-corrected chi connectivity index (χ2v) is 7.71. The molecule has 2 N–H and O–H groups in total. The summed E-state index contributed by atoms with van der Waals surface area (Å²) in [5.41, 5.74) is 3.69. The van der Waals surface area contributed by atoms with Crippen LogP contribution >= 0.6 is 0 Å². The van der Waals surface area contributed by atoms with Crippen LogP contribution in [0.2, 0.25) is 0 Å². The van der Waals surface area contributed by atoms with Gasteiger partial charge in [0.25, 0.3) is 5.56 Å². The summed E-state index contributed by atoms with van der Waals surface area (Å²) in [6.07, 6.45) is -1.92. The Bertz CT molecular complexity index is 1190. The normalized spacial score (nSPS) is 13.1. The highest BCUT2D eigenvalue weighted by atomic mass is 19.4. The highest BCUT2D eigenvalue weighted by Crippen LogP contribution is 2.16. The number of rotatable bonds is 5. The third-order valence-corrected chi connectivity index (χ3v) is 5.15. The first-order valence-corrected chi connectivity index (χ1v) is 10.7. The van der Waals surface area contributed by atoms with Crippen LogP contribution in [0.5, 0.6) is 5.75 Å². The number of halogens is 4. The van der Waals surface area contributed by atoms with Gasteiger partial charge in [-0.15, -0.1) is 0 Å². The molecule has 3 aromatic rings. The van der Waals surface area contributed by atoms with Crippen LogP contribution in [0.3, 0.4) is 0 Å². The van der Waals surface area contributed by atoms with Crippen molar-refractivity contribution in [3.05, 3.63) is 93.4 Å². The highest BCUT2D eigenvalue weighted by Gasteiger charge is 2.38. The van der Waals surface area contributed by atoms with Crippen molar-refractivity contribution in [2.45, 2.75) is 32.2 Å². The van der Waals surface area contributed by atoms with Gasteiger partial charge in [-0.25, -0.2) is 14.2 Å². The molecule has 2 aromatic carbocycles. The SMILES string of the molecule is O=C(O)C(F)(F)F.O=c1c2c(ncn1Cc1ccc(OCc3ccc(F)cc3)cc1)CCNCC2. The minimum absolute atomic E-state index is 0.0466.